The van der Waals surface area contributed by atoms with Crippen LogP contribution in [0.1, 0.15) is 56.6 Å². The van der Waals surface area contributed by atoms with Crippen molar-refractivity contribution in [1.82, 2.24) is 0 Å². The van der Waals surface area contributed by atoms with Crippen LogP contribution >= 0.6 is 0 Å². The molecule has 0 radical (unpaired) electrons. The van der Waals surface area contributed by atoms with Crippen LogP contribution in [-0.2, 0) is 0 Å². The molecule has 2 rings (SSSR count). The summed E-state index contributed by atoms with van der Waals surface area (Å²) in [6.45, 7) is 4.15. The van der Waals surface area contributed by atoms with E-state index in [4.69, 9.17) is 0 Å². The summed E-state index contributed by atoms with van der Waals surface area (Å²) in [6.07, 6.45) is 3.46. The molecule has 1 heteroatoms. The second-order valence-electron chi connectivity index (χ2n) is 5.84. The first-order valence-electron chi connectivity index (χ1n) is 8.01. The average Bonchev–Trinajstić information content (AvgIpc) is 2.57. The van der Waals surface area contributed by atoms with Crippen molar-refractivity contribution in [2.24, 2.45) is 0 Å². The van der Waals surface area contributed by atoms with Crippen LogP contribution in [0.2, 0.25) is 0 Å². The Hall–Kier alpha value is -1.60. The van der Waals surface area contributed by atoms with Gasteiger partial charge < -0.3 is 5.11 Å². The lowest BCUT2D eigenvalue weighted by Crippen LogP contribution is -2.27. The van der Waals surface area contributed by atoms with Gasteiger partial charge in [-0.1, -0.05) is 74.5 Å². The predicted molar refractivity (Wildman–Crippen MR) is 89.5 cm³/mol. The average molecular weight is 282 g/mol. The Morgan fingerprint density at radius 3 is 1.62 bits per heavy atom. The van der Waals surface area contributed by atoms with Crippen LogP contribution in [0.15, 0.2) is 60.7 Å². The van der Waals surface area contributed by atoms with E-state index in [9.17, 15) is 5.11 Å². The summed E-state index contributed by atoms with van der Waals surface area (Å²) in [5.41, 5.74) is 2.14. The summed E-state index contributed by atoms with van der Waals surface area (Å²) in [5.74, 6) is 0.358. The number of hydrogen-bond acceptors (Lipinski definition) is 1. The van der Waals surface area contributed by atoms with Gasteiger partial charge in [0.15, 0.2) is 0 Å². The van der Waals surface area contributed by atoms with Gasteiger partial charge in [0.2, 0.25) is 0 Å². The van der Waals surface area contributed by atoms with Crippen molar-refractivity contribution in [1.29, 1.82) is 0 Å². The second-order valence-corrected chi connectivity index (χ2v) is 5.84. The lowest BCUT2D eigenvalue weighted by atomic mass is 9.82. The molecule has 0 aliphatic rings. The van der Waals surface area contributed by atoms with Crippen molar-refractivity contribution >= 4 is 0 Å². The molecule has 1 N–H and O–H groups in total. The highest BCUT2D eigenvalue weighted by Crippen LogP contribution is 2.33. The van der Waals surface area contributed by atoms with Crippen LogP contribution in [0.5, 0.6) is 0 Å². The van der Waals surface area contributed by atoms with Gasteiger partial charge in [0.1, 0.15) is 0 Å². The molecular formula is C20H26O. The van der Waals surface area contributed by atoms with E-state index in [1.165, 1.54) is 11.1 Å². The molecule has 0 amide bonds. The van der Waals surface area contributed by atoms with E-state index < -0.39 is 5.60 Å². The lowest BCUT2D eigenvalue weighted by molar-refractivity contribution is 0.0207. The molecule has 0 fully saturated rings. The first kappa shape index (κ1) is 15.8. The molecule has 0 heterocycles. The maximum Gasteiger partial charge on any atom is 0.0643 e. The van der Waals surface area contributed by atoms with Crippen molar-refractivity contribution in [2.75, 3.05) is 0 Å². The first-order valence-corrected chi connectivity index (χ1v) is 8.01. The Labute approximate surface area is 128 Å². The van der Waals surface area contributed by atoms with Crippen LogP contribution in [0.25, 0.3) is 0 Å². The Morgan fingerprint density at radius 1 is 0.810 bits per heavy atom. The molecule has 0 atom stereocenters. The zero-order valence-corrected chi connectivity index (χ0v) is 13.1. The van der Waals surface area contributed by atoms with Crippen molar-refractivity contribution in [3.8, 4) is 0 Å². The van der Waals surface area contributed by atoms with E-state index in [2.05, 4.69) is 74.5 Å². The number of hydrogen-bond donors (Lipinski definition) is 1. The van der Waals surface area contributed by atoms with Crippen LogP contribution in [0.4, 0.5) is 0 Å². The molecule has 0 unspecified atom stereocenters. The van der Waals surface area contributed by atoms with Gasteiger partial charge in [-0.3, -0.25) is 0 Å². The Bertz CT molecular complexity index is 475. The molecule has 112 valence electrons. The molecule has 0 aromatic heterocycles. The lowest BCUT2D eigenvalue weighted by Gasteiger charge is -2.28. The summed E-state index contributed by atoms with van der Waals surface area (Å²) in [4.78, 5) is 0. The zero-order valence-electron chi connectivity index (χ0n) is 13.1. The fourth-order valence-corrected chi connectivity index (χ4v) is 2.91. The monoisotopic (exact) mass is 282 g/mol. The minimum Gasteiger partial charge on any atom is -0.390 e. The maximum atomic E-state index is 10.6. The fourth-order valence-electron chi connectivity index (χ4n) is 2.91. The quantitative estimate of drug-likeness (QED) is 0.744. The topological polar surface area (TPSA) is 20.2 Å². The Morgan fingerprint density at radius 2 is 1.24 bits per heavy atom. The molecule has 0 spiro atoms. The van der Waals surface area contributed by atoms with Crippen molar-refractivity contribution < 1.29 is 5.11 Å². The first-order chi connectivity index (χ1) is 10.2. The SMILES string of the molecule is CCC(O)(CC)CCC(c1ccccc1)c1ccccc1. The number of aliphatic hydroxyl groups is 1. The summed E-state index contributed by atoms with van der Waals surface area (Å²) in [7, 11) is 0. The summed E-state index contributed by atoms with van der Waals surface area (Å²) in [5, 5.41) is 10.6. The van der Waals surface area contributed by atoms with Crippen molar-refractivity contribution in [3.63, 3.8) is 0 Å². The zero-order chi connectivity index (χ0) is 15.1. The Balaban J connectivity index is 2.22. The normalized spacial score (nSPS) is 11.8. The van der Waals surface area contributed by atoms with Crippen LogP contribution in [0, 0.1) is 0 Å². The van der Waals surface area contributed by atoms with Crippen molar-refractivity contribution in [3.05, 3.63) is 71.8 Å². The fraction of sp³-hybridized carbons (Fsp3) is 0.400. The molecule has 0 aliphatic heterocycles. The summed E-state index contributed by atoms with van der Waals surface area (Å²) in [6, 6.07) is 21.2. The predicted octanol–water partition coefficient (Wildman–Crippen LogP) is 5.15. The van der Waals surface area contributed by atoms with Crippen LogP contribution in [0.3, 0.4) is 0 Å². The van der Waals surface area contributed by atoms with E-state index >= 15 is 0 Å². The molecule has 21 heavy (non-hydrogen) atoms. The maximum absolute atomic E-state index is 10.6. The highest BCUT2D eigenvalue weighted by molar-refractivity contribution is 5.32. The van der Waals surface area contributed by atoms with Gasteiger partial charge in [-0.15, -0.1) is 0 Å². The number of rotatable bonds is 7. The van der Waals surface area contributed by atoms with E-state index in [0.29, 0.717) is 5.92 Å². The third-order valence-electron chi connectivity index (χ3n) is 4.62. The van der Waals surface area contributed by atoms with Crippen LogP contribution < -0.4 is 0 Å². The minimum absolute atomic E-state index is 0.358. The third-order valence-corrected chi connectivity index (χ3v) is 4.62. The second kappa shape index (κ2) is 7.42. The Kier molecular flexibility index (Phi) is 5.58. The molecule has 0 bridgehead atoms. The summed E-state index contributed by atoms with van der Waals surface area (Å²) >= 11 is 0. The third kappa shape index (κ3) is 4.18. The van der Waals surface area contributed by atoms with Gasteiger partial charge in [0.25, 0.3) is 0 Å². The van der Waals surface area contributed by atoms with E-state index in [1.54, 1.807) is 0 Å². The molecule has 0 saturated carbocycles. The molecule has 2 aromatic rings. The van der Waals surface area contributed by atoms with Gasteiger partial charge in [-0.2, -0.15) is 0 Å². The van der Waals surface area contributed by atoms with Gasteiger partial charge >= 0.3 is 0 Å². The highest BCUT2D eigenvalue weighted by atomic mass is 16.3. The smallest absolute Gasteiger partial charge is 0.0643 e. The molecular weight excluding hydrogens is 256 g/mol. The molecule has 1 nitrogen and oxygen atoms in total. The van der Waals surface area contributed by atoms with E-state index in [1.807, 2.05) is 0 Å². The van der Waals surface area contributed by atoms with Crippen LogP contribution in [-0.4, -0.2) is 10.7 Å². The van der Waals surface area contributed by atoms with Gasteiger partial charge in [-0.25, -0.2) is 0 Å². The van der Waals surface area contributed by atoms with Crippen molar-refractivity contribution in [2.45, 2.75) is 51.0 Å². The highest BCUT2D eigenvalue weighted by Gasteiger charge is 2.24. The van der Waals surface area contributed by atoms with E-state index in [0.717, 1.165) is 25.7 Å². The standard InChI is InChI=1S/C20H26O/c1-3-20(21,4-2)16-15-19(17-11-7-5-8-12-17)18-13-9-6-10-14-18/h5-14,19,21H,3-4,15-16H2,1-2H3. The largest absolute Gasteiger partial charge is 0.390 e. The molecule has 0 aliphatic carbocycles. The van der Waals surface area contributed by atoms with E-state index in [-0.39, 0.29) is 0 Å². The summed E-state index contributed by atoms with van der Waals surface area (Å²) < 4.78 is 0. The van der Waals surface area contributed by atoms with Gasteiger partial charge in [-0.05, 0) is 36.8 Å². The van der Waals surface area contributed by atoms with Gasteiger partial charge in [0, 0.05) is 5.92 Å². The minimum atomic E-state index is -0.526. The molecule has 0 saturated heterocycles. The van der Waals surface area contributed by atoms with Gasteiger partial charge in [0.05, 0.1) is 5.60 Å². The molecule has 2 aromatic carbocycles. The number of benzene rings is 2.